The summed E-state index contributed by atoms with van der Waals surface area (Å²) < 4.78 is 2.01. The van der Waals surface area contributed by atoms with Gasteiger partial charge in [0.15, 0.2) is 0 Å². The van der Waals surface area contributed by atoms with E-state index in [2.05, 4.69) is 22.4 Å². The predicted molar refractivity (Wildman–Crippen MR) is 105 cm³/mol. The van der Waals surface area contributed by atoms with E-state index in [0.717, 1.165) is 33.7 Å². The Hall–Kier alpha value is -3.40. The van der Waals surface area contributed by atoms with Gasteiger partial charge in [-0.15, -0.1) is 0 Å². The summed E-state index contributed by atoms with van der Waals surface area (Å²) in [6.07, 6.45) is 0. The van der Waals surface area contributed by atoms with Gasteiger partial charge in [0.25, 0.3) is 5.91 Å². The second-order valence-corrected chi connectivity index (χ2v) is 6.32. The van der Waals surface area contributed by atoms with Crippen molar-refractivity contribution in [2.75, 3.05) is 5.32 Å². The first-order valence-electron chi connectivity index (χ1n) is 8.52. The second kappa shape index (κ2) is 6.48. The predicted octanol–water partition coefficient (Wildman–Crippen LogP) is 4.80. The van der Waals surface area contributed by atoms with Crippen LogP contribution in [-0.2, 0) is 7.05 Å². The topological polar surface area (TPSA) is 46.9 Å². The summed E-state index contributed by atoms with van der Waals surface area (Å²) in [6.45, 7) is 1.96. The molecule has 0 saturated carbocycles. The van der Waals surface area contributed by atoms with Crippen LogP contribution in [0.4, 0.5) is 5.69 Å². The average molecular weight is 341 g/mol. The number of benzene rings is 3. The Balaban J connectivity index is 1.55. The molecule has 0 radical (unpaired) electrons. The molecule has 4 rings (SSSR count). The summed E-state index contributed by atoms with van der Waals surface area (Å²) in [5.74, 6) is 0.822. The standard InChI is InChI=1S/C22H19N3O/c1-15-23-20-13-12-19(14-21(20)25(15)2)24-22(26)18-10-8-17(9-11-18)16-6-4-3-5-7-16/h3-14H,1-2H3,(H,24,26). The average Bonchev–Trinajstić information content (AvgIpc) is 2.96. The van der Waals surface area contributed by atoms with Crippen LogP contribution in [0.15, 0.2) is 72.8 Å². The van der Waals surface area contributed by atoms with Crippen LogP contribution in [0, 0.1) is 6.92 Å². The summed E-state index contributed by atoms with van der Waals surface area (Å²) in [5.41, 5.74) is 5.55. The minimum Gasteiger partial charge on any atom is -0.331 e. The van der Waals surface area contributed by atoms with Crippen molar-refractivity contribution in [2.24, 2.45) is 7.05 Å². The maximum Gasteiger partial charge on any atom is 0.255 e. The van der Waals surface area contributed by atoms with Crippen molar-refractivity contribution in [1.82, 2.24) is 9.55 Å². The molecule has 0 aliphatic heterocycles. The van der Waals surface area contributed by atoms with E-state index in [-0.39, 0.29) is 5.91 Å². The van der Waals surface area contributed by atoms with Gasteiger partial charge in [-0.2, -0.15) is 0 Å². The summed E-state index contributed by atoms with van der Waals surface area (Å²) in [4.78, 5) is 17.0. The number of hydrogen-bond acceptors (Lipinski definition) is 2. The first-order chi connectivity index (χ1) is 12.6. The Labute approximate surface area is 152 Å². The zero-order valence-electron chi connectivity index (χ0n) is 14.7. The fraction of sp³-hybridized carbons (Fsp3) is 0.0909. The van der Waals surface area contributed by atoms with E-state index in [1.807, 2.05) is 79.2 Å². The Morgan fingerprint density at radius 3 is 2.35 bits per heavy atom. The van der Waals surface area contributed by atoms with Crippen molar-refractivity contribution in [2.45, 2.75) is 6.92 Å². The maximum absolute atomic E-state index is 12.6. The summed E-state index contributed by atoms with van der Waals surface area (Å²) >= 11 is 0. The zero-order chi connectivity index (χ0) is 18.1. The third-order valence-corrected chi connectivity index (χ3v) is 4.62. The van der Waals surface area contributed by atoms with Crippen LogP contribution in [0.5, 0.6) is 0 Å². The molecular formula is C22H19N3O. The molecule has 0 fully saturated rings. The number of carbonyl (C=O) groups excluding carboxylic acids is 1. The lowest BCUT2D eigenvalue weighted by atomic mass is 10.0. The molecule has 3 aromatic carbocycles. The van der Waals surface area contributed by atoms with Crippen molar-refractivity contribution in [3.05, 3.63) is 84.2 Å². The summed E-state index contributed by atoms with van der Waals surface area (Å²) in [6, 6.07) is 23.5. The summed E-state index contributed by atoms with van der Waals surface area (Å²) in [7, 11) is 1.97. The van der Waals surface area contributed by atoms with Gasteiger partial charge in [-0.3, -0.25) is 4.79 Å². The van der Waals surface area contributed by atoms with Crippen molar-refractivity contribution in [3.63, 3.8) is 0 Å². The molecule has 0 spiro atoms. The first kappa shape index (κ1) is 16.1. The molecular weight excluding hydrogens is 322 g/mol. The number of aryl methyl sites for hydroxylation is 2. The first-order valence-corrected chi connectivity index (χ1v) is 8.52. The number of aromatic nitrogens is 2. The lowest BCUT2D eigenvalue weighted by molar-refractivity contribution is 0.102. The highest BCUT2D eigenvalue weighted by Gasteiger charge is 2.09. The lowest BCUT2D eigenvalue weighted by Gasteiger charge is -2.07. The highest BCUT2D eigenvalue weighted by atomic mass is 16.1. The molecule has 4 aromatic rings. The van der Waals surface area contributed by atoms with Gasteiger partial charge in [0, 0.05) is 18.3 Å². The minimum absolute atomic E-state index is 0.122. The summed E-state index contributed by atoms with van der Waals surface area (Å²) in [5, 5.41) is 2.97. The molecule has 4 nitrogen and oxygen atoms in total. The van der Waals surface area contributed by atoms with Crippen LogP contribution < -0.4 is 5.32 Å². The molecule has 0 unspecified atom stereocenters. The number of nitrogens with zero attached hydrogens (tertiary/aromatic N) is 2. The van der Waals surface area contributed by atoms with Gasteiger partial charge in [0.1, 0.15) is 5.82 Å². The van der Waals surface area contributed by atoms with Gasteiger partial charge in [-0.25, -0.2) is 4.98 Å². The molecule has 0 saturated heterocycles. The van der Waals surface area contributed by atoms with Crippen molar-refractivity contribution < 1.29 is 4.79 Å². The normalized spacial score (nSPS) is 10.8. The van der Waals surface area contributed by atoms with Crippen LogP contribution >= 0.6 is 0 Å². The number of anilines is 1. The number of hydrogen-bond donors (Lipinski definition) is 1. The molecule has 1 heterocycles. The van der Waals surface area contributed by atoms with Crippen molar-refractivity contribution in [3.8, 4) is 11.1 Å². The van der Waals surface area contributed by atoms with E-state index in [1.54, 1.807) is 0 Å². The highest BCUT2D eigenvalue weighted by Crippen LogP contribution is 2.22. The molecule has 0 bridgehead atoms. The van der Waals surface area contributed by atoms with E-state index in [0.29, 0.717) is 5.56 Å². The Bertz CT molecular complexity index is 1080. The molecule has 1 aromatic heterocycles. The van der Waals surface area contributed by atoms with Crippen LogP contribution in [0.1, 0.15) is 16.2 Å². The van der Waals surface area contributed by atoms with Crippen LogP contribution in [-0.4, -0.2) is 15.5 Å². The van der Waals surface area contributed by atoms with Gasteiger partial charge in [0.2, 0.25) is 0 Å². The van der Waals surface area contributed by atoms with Gasteiger partial charge in [-0.1, -0.05) is 42.5 Å². The van der Waals surface area contributed by atoms with Crippen molar-refractivity contribution in [1.29, 1.82) is 0 Å². The van der Waals surface area contributed by atoms with E-state index in [1.165, 1.54) is 0 Å². The molecule has 4 heteroatoms. The van der Waals surface area contributed by atoms with Crippen LogP contribution in [0.3, 0.4) is 0 Å². The van der Waals surface area contributed by atoms with Gasteiger partial charge in [0.05, 0.1) is 11.0 Å². The fourth-order valence-corrected chi connectivity index (χ4v) is 3.04. The minimum atomic E-state index is -0.122. The zero-order valence-corrected chi connectivity index (χ0v) is 14.7. The number of rotatable bonds is 3. The van der Waals surface area contributed by atoms with E-state index in [9.17, 15) is 4.79 Å². The van der Waals surface area contributed by atoms with Crippen LogP contribution in [0.25, 0.3) is 22.2 Å². The number of nitrogens with one attached hydrogen (secondary N) is 1. The molecule has 0 aliphatic rings. The van der Waals surface area contributed by atoms with Crippen molar-refractivity contribution >= 4 is 22.6 Å². The van der Waals surface area contributed by atoms with E-state index in [4.69, 9.17) is 0 Å². The van der Waals surface area contributed by atoms with Gasteiger partial charge < -0.3 is 9.88 Å². The molecule has 1 N–H and O–H groups in total. The molecule has 26 heavy (non-hydrogen) atoms. The Kier molecular flexibility index (Phi) is 4.01. The number of carbonyl (C=O) groups is 1. The van der Waals surface area contributed by atoms with Crippen LogP contribution in [0.2, 0.25) is 0 Å². The Morgan fingerprint density at radius 2 is 1.62 bits per heavy atom. The largest absolute Gasteiger partial charge is 0.331 e. The number of imidazole rings is 1. The molecule has 0 aliphatic carbocycles. The quantitative estimate of drug-likeness (QED) is 0.582. The fourth-order valence-electron chi connectivity index (χ4n) is 3.04. The van der Waals surface area contributed by atoms with E-state index >= 15 is 0 Å². The SMILES string of the molecule is Cc1nc2ccc(NC(=O)c3ccc(-c4ccccc4)cc3)cc2n1C. The number of fused-ring (bicyclic) bond motifs is 1. The molecule has 128 valence electrons. The second-order valence-electron chi connectivity index (χ2n) is 6.32. The molecule has 1 amide bonds. The van der Waals surface area contributed by atoms with E-state index < -0.39 is 0 Å². The number of amides is 1. The monoisotopic (exact) mass is 341 g/mol. The highest BCUT2D eigenvalue weighted by molar-refractivity contribution is 6.05. The third kappa shape index (κ3) is 2.97. The maximum atomic E-state index is 12.6. The smallest absolute Gasteiger partial charge is 0.255 e. The lowest BCUT2D eigenvalue weighted by Crippen LogP contribution is -2.11. The van der Waals surface area contributed by atoms with Gasteiger partial charge >= 0.3 is 0 Å². The van der Waals surface area contributed by atoms with Gasteiger partial charge in [-0.05, 0) is 48.4 Å². The molecule has 0 atom stereocenters. The Morgan fingerprint density at radius 1 is 0.923 bits per heavy atom. The third-order valence-electron chi connectivity index (χ3n) is 4.62.